The van der Waals surface area contributed by atoms with Gasteiger partial charge in [-0.25, -0.2) is 17.2 Å². The number of anilines is 1. The lowest BCUT2D eigenvalue weighted by Gasteiger charge is -2.16. The Kier molecular flexibility index (Phi) is 7.62. The molecule has 0 bridgehead atoms. The standard InChI is InChI=1S/C24H23F2NO6S/c1-30-20-12-15(13-21(31-2)24(20)33-4)8-9-16-10-11-19(26)23(32-3)22(16)27-34(28,29)18-7-5-6-17(25)14-18/h5-14,27H,1-4H3. The Balaban J connectivity index is 2.08. The quantitative estimate of drug-likeness (QED) is 0.426. The van der Waals surface area contributed by atoms with Gasteiger partial charge < -0.3 is 18.9 Å². The van der Waals surface area contributed by atoms with Crippen molar-refractivity contribution in [2.45, 2.75) is 4.90 Å². The Labute approximate surface area is 196 Å². The van der Waals surface area contributed by atoms with Crippen molar-refractivity contribution in [1.29, 1.82) is 0 Å². The van der Waals surface area contributed by atoms with E-state index in [2.05, 4.69) is 4.72 Å². The summed E-state index contributed by atoms with van der Waals surface area (Å²) in [4.78, 5) is -0.321. The van der Waals surface area contributed by atoms with Crippen LogP contribution in [0, 0.1) is 11.6 Å². The molecule has 0 aliphatic rings. The molecule has 0 radical (unpaired) electrons. The highest BCUT2D eigenvalue weighted by Crippen LogP contribution is 2.39. The first kappa shape index (κ1) is 24.8. The summed E-state index contributed by atoms with van der Waals surface area (Å²) in [5.74, 6) is -0.558. The van der Waals surface area contributed by atoms with Gasteiger partial charge in [0.1, 0.15) is 11.5 Å². The van der Waals surface area contributed by atoms with Gasteiger partial charge in [-0.2, -0.15) is 0 Å². The Morgan fingerprint density at radius 2 is 1.44 bits per heavy atom. The van der Waals surface area contributed by atoms with Gasteiger partial charge in [0.2, 0.25) is 5.75 Å². The third kappa shape index (κ3) is 5.23. The van der Waals surface area contributed by atoms with E-state index >= 15 is 0 Å². The molecule has 0 fully saturated rings. The Hall–Kier alpha value is -3.79. The molecule has 0 saturated carbocycles. The summed E-state index contributed by atoms with van der Waals surface area (Å²) in [6.07, 6.45) is 3.21. The van der Waals surface area contributed by atoms with Gasteiger partial charge in [0.25, 0.3) is 10.0 Å². The van der Waals surface area contributed by atoms with Crippen LogP contribution in [0.15, 0.2) is 53.4 Å². The van der Waals surface area contributed by atoms with Gasteiger partial charge >= 0.3 is 0 Å². The molecule has 180 valence electrons. The van der Waals surface area contributed by atoms with E-state index in [0.29, 0.717) is 28.4 Å². The van der Waals surface area contributed by atoms with Gasteiger partial charge in [0.05, 0.1) is 33.3 Å². The Bertz CT molecular complexity index is 1300. The van der Waals surface area contributed by atoms with Crippen molar-refractivity contribution in [1.82, 2.24) is 0 Å². The van der Waals surface area contributed by atoms with Gasteiger partial charge in [0, 0.05) is 5.56 Å². The van der Waals surface area contributed by atoms with Crippen LogP contribution in [0.25, 0.3) is 12.2 Å². The SMILES string of the molecule is COc1cc(C=Cc2ccc(F)c(OC)c2NS(=O)(=O)c2cccc(F)c2)cc(OC)c1OC. The van der Waals surface area contributed by atoms with Crippen molar-refractivity contribution in [3.63, 3.8) is 0 Å². The van der Waals surface area contributed by atoms with Gasteiger partial charge in [-0.1, -0.05) is 18.2 Å². The van der Waals surface area contributed by atoms with E-state index in [4.69, 9.17) is 18.9 Å². The zero-order chi connectivity index (χ0) is 24.9. The summed E-state index contributed by atoms with van der Waals surface area (Å²) >= 11 is 0. The smallest absolute Gasteiger partial charge is 0.262 e. The molecular weight excluding hydrogens is 468 g/mol. The average Bonchev–Trinajstić information content (AvgIpc) is 2.82. The van der Waals surface area contributed by atoms with Crippen LogP contribution in [0.5, 0.6) is 23.0 Å². The van der Waals surface area contributed by atoms with Crippen LogP contribution in [-0.4, -0.2) is 36.9 Å². The van der Waals surface area contributed by atoms with E-state index in [0.717, 1.165) is 18.2 Å². The van der Waals surface area contributed by atoms with Gasteiger partial charge in [-0.05, 0) is 48.0 Å². The molecule has 0 aliphatic carbocycles. The Morgan fingerprint density at radius 3 is 2.00 bits per heavy atom. The van der Waals surface area contributed by atoms with E-state index < -0.39 is 21.7 Å². The Morgan fingerprint density at radius 1 is 0.794 bits per heavy atom. The average molecular weight is 492 g/mol. The van der Waals surface area contributed by atoms with Crippen LogP contribution in [0.4, 0.5) is 14.5 Å². The van der Waals surface area contributed by atoms with Crippen LogP contribution in [-0.2, 0) is 10.0 Å². The maximum Gasteiger partial charge on any atom is 0.262 e. The van der Waals surface area contributed by atoms with Crippen molar-refractivity contribution < 1.29 is 36.1 Å². The fraction of sp³-hybridized carbons (Fsp3) is 0.167. The minimum Gasteiger partial charge on any atom is -0.493 e. The molecule has 0 aromatic heterocycles. The lowest BCUT2D eigenvalue weighted by atomic mass is 10.1. The summed E-state index contributed by atoms with van der Waals surface area (Å²) in [6.45, 7) is 0. The third-order valence-corrected chi connectivity index (χ3v) is 6.18. The van der Waals surface area contributed by atoms with Crippen LogP contribution in [0.2, 0.25) is 0 Å². The predicted octanol–water partition coefficient (Wildman–Crippen LogP) is 4.97. The van der Waals surface area contributed by atoms with E-state index in [1.165, 1.54) is 46.6 Å². The zero-order valence-electron chi connectivity index (χ0n) is 18.9. The fourth-order valence-corrected chi connectivity index (χ4v) is 4.35. The number of methoxy groups -OCH3 is 4. The molecule has 34 heavy (non-hydrogen) atoms. The topological polar surface area (TPSA) is 83.1 Å². The summed E-state index contributed by atoms with van der Waals surface area (Å²) in [7, 11) is 1.41. The molecule has 0 unspecified atom stereocenters. The van der Waals surface area contributed by atoms with Crippen molar-refractivity contribution in [2.75, 3.05) is 33.2 Å². The van der Waals surface area contributed by atoms with Crippen molar-refractivity contribution in [3.05, 3.63) is 71.3 Å². The lowest BCUT2D eigenvalue weighted by molar-refractivity contribution is 0.324. The number of hydrogen-bond acceptors (Lipinski definition) is 6. The van der Waals surface area contributed by atoms with E-state index in [9.17, 15) is 17.2 Å². The number of rotatable bonds is 9. The number of nitrogens with one attached hydrogen (secondary N) is 1. The second-order valence-corrected chi connectivity index (χ2v) is 8.58. The highest BCUT2D eigenvalue weighted by Gasteiger charge is 2.21. The number of halogens is 2. The molecule has 0 amide bonds. The summed E-state index contributed by atoms with van der Waals surface area (Å²) in [5.41, 5.74) is 0.791. The molecule has 10 heteroatoms. The number of benzene rings is 3. The highest BCUT2D eigenvalue weighted by molar-refractivity contribution is 7.92. The first-order chi connectivity index (χ1) is 16.2. The largest absolute Gasteiger partial charge is 0.493 e. The number of ether oxygens (including phenoxy) is 4. The molecule has 0 atom stereocenters. The van der Waals surface area contributed by atoms with Gasteiger partial charge in [-0.3, -0.25) is 4.72 Å². The molecule has 1 N–H and O–H groups in total. The molecule has 0 aliphatic heterocycles. The predicted molar refractivity (Wildman–Crippen MR) is 125 cm³/mol. The highest BCUT2D eigenvalue weighted by atomic mass is 32.2. The van der Waals surface area contributed by atoms with E-state index in [1.807, 2.05) is 0 Å². The molecule has 0 heterocycles. The number of sulfonamides is 1. The molecule has 3 rings (SSSR count). The van der Waals surface area contributed by atoms with Crippen molar-refractivity contribution >= 4 is 27.9 Å². The van der Waals surface area contributed by atoms with Crippen molar-refractivity contribution in [3.8, 4) is 23.0 Å². The van der Waals surface area contributed by atoms with Crippen LogP contribution in [0.1, 0.15) is 11.1 Å². The minimum absolute atomic E-state index is 0.143. The molecule has 3 aromatic carbocycles. The summed E-state index contributed by atoms with van der Waals surface area (Å²) in [5, 5.41) is 0. The first-order valence-corrected chi connectivity index (χ1v) is 11.3. The number of hydrogen-bond donors (Lipinski definition) is 1. The third-order valence-electron chi connectivity index (χ3n) is 4.83. The maximum atomic E-state index is 14.4. The normalized spacial score (nSPS) is 11.4. The molecule has 0 saturated heterocycles. The summed E-state index contributed by atoms with van der Waals surface area (Å²) in [6, 6.07) is 10.4. The first-order valence-electron chi connectivity index (χ1n) is 9.87. The van der Waals surface area contributed by atoms with Gasteiger partial charge in [-0.15, -0.1) is 0 Å². The molecule has 0 spiro atoms. The van der Waals surface area contributed by atoms with E-state index in [-0.39, 0.29) is 16.3 Å². The molecular formula is C24H23F2NO6S. The maximum absolute atomic E-state index is 14.4. The monoisotopic (exact) mass is 491 g/mol. The summed E-state index contributed by atoms with van der Waals surface area (Å²) < 4.78 is 77.2. The van der Waals surface area contributed by atoms with Crippen LogP contribution < -0.4 is 23.7 Å². The second-order valence-electron chi connectivity index (χ2n) is 6.90. The van der Waals surface area contributed by atoms with Crippen molar-refractivity contribution in [2.24, 2.45) is 0 Å². The van der Waals surface area contributed by atoms with Crippen LogP contribution in [0.3, 0.4) is 0 Å². The lowest BCUT2D eigenvalue weighted by Crippen LogP contribution is -2.15. The molecule has 3 aromatic rings. The minimum atomic E-state index is -4.25. The fourth-order valence-electron chi connectivity index (χ4n) is 3.23. The molecule has 7 nitrogen and oxygen atoms in total. The zero-order valence-corrected chi connectivity index (χ0v) is 19.7. The van der Waals surface area contributed by atoms with E-state index in [1.54, 1.807) is 24.3 Å². The van der Waals surface area contributed by atoms with Gasteiger partial charge in [0.15, 0.2) is 23.1 Å². The second kappa shape index (κ2) is 10.4. The van der Waals surface area contributed by atoms with Crippen LogP contribution >= 0.6 is 0 Å².